The number of primary amides is 1. The predicted octanol–water partition coefficient (Wildman–Crippen LogP) is 1.05. The number of aromatic nitrogens is 1. The Bertz CT molecular complexity index is 662. The van der Waals surface area contributed by atoms with Gasteiger partial charge in [-0.2, -0.15) is 0 Å². The zero-order valence-electron chi connectivity index (χ0n) is 12.5. The summed E-state index contributed by atoms with van der Waals surface area (Å²) in [4.78, 5) is 20.6. The number of nitrogens with two attached hydrogens (primary N) is 1. The Kier molecular flexibility index (Phi) is 5.54. The van der Waals surface area contributed by atoms with Crippen LogP contribution in [0.25, 0.3) is 0 Å². The van der Waals surface area contributed by atoms with Gasteiger partial charge in [0.2, 0.25) is 0 Å². The largest absolute Gasteiger partial charge is 0.454 e. The first-order valence-corrected chi connectivity index (χ1v) is 7.64. The Morgan fingerprint density at radius 1 is 1.45 bits per heavy atom. The van der Waals surface area contributed by atoms with Crippen LogP contribution in [0.4, 0.5) is 0 Å². The predicted molar refractivity (Wildman–Crippen MR) is 86.0 cm³/mol. The van der Waals surface area contributed by atoms with Gasteiger partial charge in [0.05, 0.1) is 11.6 Å². The third kappa shape index (κ3) is 4.59. The van der Waals surface area contributed by atoms with Crippen molar-refractivity contribution in [2.45, 2.75) is 19.9 Å². The van der Waals surface area contributed by atoms with Crippen LogP contribution in [0.2, 0.25) is 0 Å². The second-order valence-corrected chi connectivity index (χ2v) is 5.92. The summed E-state index contributed by atoms with van der Waals surface area (Å²) in [6.07, 6.45) is 2.71. The molecule has 2 aromatic heterocycles. The number of hydrogen-bond donors (Lipinski definition) is 3. The molecule has 0 aliphatic carbocycles. The van der Waals surface area contributed by atoms with Crippen molar-refractivity contribution in [3.63, 3.8) is 0 Å². The molecule has 22 heavy (non-hydrogen) atoms. The third-order valence-electron chi connectivity index (χ3n) is 2.86. The van der Waals surface area contributed by atoms with Crippen LogP contribution in [0.1, 0.15) is 26.2 Å². The van der Waals surface area contributed by atoms with Gasteiger partial charge in [0.15, 0.2) is 11.7 Å². The van der Waals surface area contributed by atoms with Crippen LogP contribution in [0.5, 0.6) is 0 Å². The van der Waals surface area contributed by atoms with Gasteiger partial charge in [0, 0.05) is 31.1 Å². The molecule has 2 heterocycles. The number of nitrogens with zero attached hydrogens (tertiary/aromatic N) is 2. The van der Waals surface area contributed by atoms with E-state index in [0.717, 1.165) is 18.0 Å². The van der Waals surface area contributed by atoms with Gasteiger partial charge in [-0.1, -0.05) is 0 Å². The van der Waals surface area contributed by atoms with Crippen LogP contribution in [-0.2, 0) is 13.0 Å². The lowest BCUT2D eigenvalue weighted by molar-refractivity contribution is 0.0972. The molecule has 0 aliphatic heterocycles. The summed E-state index contributed by atoms with van der Waals surface area (Å²) >= 11 is 1.69. The molecule has 4 N–H and O–H groups in total. The van der Waals surface area contributed by atoms with Crippen molar-refractivity contribution in [2.24, 2.45) is 10.7 Å². The molecule has 0 aromatic carbocycles. The van der Waals surface area contributed by atoms with Gasteiger partial charge in [0.25, 0.3) is 5.91 Å². The normalized spacial score (nSPS) is 11.5. The lowest BCUT2D eigenvalue weighted by Crippen LogP contribution is -2.37. The molecular formula is C14H19N5O2S. The number of aliphatic imine (C=N–C) groups is 1. The topological polar surface area (TPSA) is 106 Å². The van der Waals surface area contributed by atoms with Crippen molar-refractivity contribution in [3.05, 3.63) is 39.7 Å². The average Bonchev–Trinajstić information content (AvgIpc) is 3.11. The van der Waals surface area contributed by atoms with Gasteiger partial charge in [0.1, 0.15) is 5.76 Å². The molecule has 0 spiro atoms. The molecule has 7 nitrogen and oxygen atoms in total. The zero-order valence-corrected chi connectivity index (χ0v) is 13.4. The molecule has 0 aliphatic rings. The first kappa shape index (κ1) is 16.0. The molecule has 0 saturated heterocycles. The van der Waals surface area contributed by atoms with E-state index in [1.807, 2.05) is 13.1 Å². The van der Waals surface area contributed by atoms with Gasteiger partial charge in [-0.15, -0.1) is 11.3 Å². The lowest BCUT2D eigenvalue weighted by atomic mass is 10.4. The van der Waals surface area contributed by atoms with Crippen molar-refractivity contribution < 1.29 is 9.21 Å². The van der Waals surface area contributed by atoms with Gasteiger partial charge in [-0.05, 0) is 19.1 Å². The molecule has 0 bridgehead atoms. The van der Waals surface area contributed by atoms with E-state index in [4.69, 9.17) is 10.2 Å². The van der Waals surface area contributed by atoms with Gasteiger partial charge >= 0.3 is 0 Å². The highest BCUT2D eigenvalue weighted by atomic mass is 32.1. The molecule has 0 atom stereocenters. The Morgan fingerprint density at radius 2 is 2.27 bits per heavy atom. The molecule has 1 amide bonds. The molecule has 0 unspecified atom stereocenters. The smallest absolute Gasteiger partial charge is 0.284 e. The number of rotatable bonds is 6. The van der Waals surface area contributed by atoms with Crippen LogP contribution in [0.15, 0.2) is 27.7 Å². The zero-order chi connectivity index (χ0) is 15.9. The van der Waals surface area contributed by atoms with E-state index in [2.05, 4.69) is 20.6 Å². The Morgan fingerprint density at radius 3 is 2.86 bits per heavy atom. The number of aryl methyl sites for hydroxylation is 1. The third-order valence-corrected chi connectivity index (χ3v) is 3.83. The SMILES string of the molecule is CN=C(NCCc1ncc(C)s1)NCc1ccc(C(N)=O)o1. The number of guanidine groups is 1. The highest BCUT2D eigenvalue weighted by molar-refractivity contribution is 7.11. The minimum Gasteiger partial charge on any atom is -0.454 e. The maximum atomic E-state index is 11.0. The fraction of sp³-hybridized carbons (Fsp3) is 0.357. The Balaban J connectivity index is 1.76. The highest BCUT2D eigenvalue weighted by Crippen LogP contribution is 2.11. The summed E-state index contributed by atoms with van der Waals surface area (Å²) in [5, 5.41) is 7.40. The van der Waals surface area contributed by atoms with Crippen LogP contribution >= 0.6 is 11.3 Å². The van der Waals surface area contributed by atoms with E-state index in [-0.39, 0.29) is 5.76 Å². The quantitative estimate of drug-likeness (QED) is 0.545. The molecule has 0 radical (unpaired) electrons. The molecule has 0 fully saturated rings. The molecule has 2 rings (SSSR count). The Hall–Kier alpha value is -2.35. The summed E-state index contributed by atoms with van der Waals surface area (Å²) in [6.45, 7) is 3.19. The second kappa shape index (κ2) is 7.60. The van der Waals surface area contributed by atoms with Crippen LogP contribution in [-0.4, -0.2) is 30.4 Å². The number of furan rings is 1. The number of hydrogen-bond acceptors (Lipinski definition) is 5. The molecule has 118 valence electrons. The first-order valence-electron chi connectivity index (χ1n) is 6.83. The minimum atomic E-state index is -0.576. The maximum Gasteiger partial charge on any atom is 0.284 e. The van der Waals surface area contributed by atoms with Gasteiger partial charge in [-0.3, -0.25) is 9.79 Å². The minimum absolute atomic E-state index is 0.152. The summed E-state index contributed by atoms with van der Waals surface area (Å²) in [5.74, 6) is 0.851. The highest BCUT2D eigenvalue weighted by Gasteiger charge is 2.07. The van der Waals surface area contributed by atoms with Gasteiger partial charge < -0.3 is 20.8 Å². The number of nitrogens with one attached hydrogen (secondary N) is 2. The van der Waals surface area contributed by atoms with E-state index in [0.29, 0.717) is 18.3 Å². The molecule has 8 heteroatoms. The summed E-state index contributed by atoms with van der Waals surface area (Å²) in [7, 11) is 1.69. The van der Waals surface area contributed by atoms with E-state index >= 15 is 0 Å². The van der Waals surface area contributed by atoms with Crippen molar-refractivity contribution >= 4 is 23.2 Å². The van der Waals surface area contributed by atoms with E-state index < -0.39 is 5.91 Å². The molecule has 0 saturated carbocycles. The number of carbonyl (C=O) groups excluding carboxylic acids is 1. The molecule has 2 aromatic rings. The fourth-order valence-corrected chi connectivity index (χ4v) is 2.59. The standard InChI is InChI=1S/C14H19N5O2S/c1-9-7-18-12(22-9)5-6-17-14(16-2)19-8-10-3-4-11(21-10)13(15)20/h3-4,7H,5-6,8H2,1-2H3,(H2,15,20)(H2,16,17,19). The number of carbonyl (C=O) groups is 1. The van der Waals surface area contributed by atoms with Crippen LogP contribution < -0.4 is 16.4 Å². The van der Waals surface area contributed by atoms with Crippen molar-refractivity contribution in [2.75, 3.05) is 13.6 Å². The van der Waals surface area contributed by atoms with Crippen LogP contribution in [0, 0.1) is 6.92 Å². The average molecular weight is 321 g/mol. The number of amides is 1. The summed E-state index contributed by atoms with van der Waals surface area (Å²) in [6, 6.07) is 3.26. The van der Waals surface area contributed by atoms with Crippen LogP contribution in [0.3, 0.4) is 0 Å². The van der Waals surface area contributed by atoms with Gasteiger partial charge in [-0.25, -0.2) is 4.98 Å². The monoisotopic (exact) mass is 321 g/mol. The fourth-order valence-electron chi connectivity index (χ4n) is 1.80. The van der Waals surface area contributed by atoms with Crippen molar-refractivity contribution in [1.82, 2.24) is 15.6 Å². The van der Waals surface area contributed by atoms with E-state index in [1.165, 1.54) is 4.88 Å². The van der Waals surface area contributed by atoms with E-state index in [1.54, 1.807) is 30.5 Å². The maximum absolute atomic E-state index is 11.0. The second-order valence-electron chi connectivity index (χ2n) is 4.60. The lowest BCUT2D eigenvalue weighted by Gasteiger charge is -2.10. The van der Waals surface area contributed by atoms with E-state index in [9.17, 15) is 4.79 Å². The first-order chi connectivity index (χ1) is 10.6. The number of thiazole rings is 1. The summed E-state index contributed by atoms with van der Waals surface area (Å²) in [5.41, 5.74) is 5.14. The summed E-state index contributed by atoms with van der Waals surface area (Å²) < 4.78 is 5.29. The molecular weight excluding hydrogens is 302 g/mol. The Labute approximate surface area is 132 Å². The van der Waals surface area contributed by atoms with Crippen molar-refractivity contribution in [3.8, 4) is 0 Å². The van der Waals surface area contributed by atoms with Crippen molar-refractivity contribution in [1.29, 1.82) is 0 Å².